The van der Waals surface area contributed by atoms with Crippen molar-refractivity contribution in [3.63, 3.8) is 0 Å². The molecule has 1 rings (SSSR count). The Balaban J connectivity index is 3.15. The van der Waals surface area contributed by atoms with Crippen LogP contribution in [0.4, 0.5) is 0 Å². The standard InChI is InChI=1S/C16H27NO2/c1-15(2,3)16(18,10-11-17(4)5)13-8-7-9-14(12-13)19-6/h7-9,12,18H,10-11H2,1-6H3/t16-/m1/s1. The molecular formula is C16H27NO2. The van der Waals surface area contributed by atoms with Crippen LogP contribution in [0.5, 0.6) is 5.75 Å². The minimum Gasteiger partial charge on any atom is -0.497 e. The average molecular weight is 265 g/mol. The summed E-state index contributed by atoms with van der Waals surface area (Å²) in [5.41, 5.74) is -0.192. The first-order chi connectivity index (χ1) is 8.70. The topological polar surface area (TPSA) is 32.7 Å². The number of hydrogen-bond acceptors (Lipinski definition) is 3. The van der Waals surface area contributed by atoms with E-state index in [-0.39, 0.29) is 5.41 Å². The number of ether oxygens (including phenoxy) is 1. The first-order valence-electron chi connectivity index (χ1n) is 6.72. The first kappa shape index (κ1) is 16.0. The van der Waals surface area contributed by atoms with Crippen molar-refractivity contribution in [2.24, 2.45) is 5.41 Å². The lowest BCUT2D eigenvalue weighted by Crippen LogP contribution is -2.42. The van der Waals surface area contributed by atoms with E-state index in [9.17, 15) is 5.11 Å². The molecule has 1 atom stereocenters. The van der Waals surface area contributed by atoms with Crippen molar-refractivity contribution in [1.82, 2.24) is 4.90 Å². The first-order valence-corrected chi connectivity index (χ1v) is 6.72. The highest BCUT2D eigenvalue weighted by molar-refractivity contribution is 5.33. The molecule has 1 aromatic rings. The molecule has 0 aliphatic carbocycles. The maximum absolute atomic E-state index is 11.2. The molecule has 0 saturated heterocycles. The van der Waals surface area contributed by atoms with Gasteiger partial charge in [-0.25, -0.2) is 0 Å². The van der Waals surface area contributed by atoms with Gasteiger partial charge in [0.05, 0.1) is 12.7 Å². The van der Waals surface area contributed by atoms with Crippen molar-refractivity contribution < 1.29 is 9.84 Å². The fourth-order valence-electron chi connectivity index (χ4n) is 2.22. The molecule has 0 fully saturated rings. The van der Waals surface area contributed by atoms with E-state index in [1.165, 1.54) is 0 Å². The molecule has 0 heterocycles. The van der Waals surface area contributed by atoms with Crippen LogP contribution in [0.25, 0.3) is 0 Å². The fraction of sp³-hybridized carbons (Fsp3) is 0.625. The molecule has 0 saturated carbocycles. The summed E-state index contributed by atoms with van der Waals surface area (Å²) in [5.74, 6) is 0.782. The lowest BCUT2D eigenvalue weighted by molar-refractivity contribution is -0.0747. The second-order valence-corrected chi connectivity index (χ2v) is 6.40. The van der Waals surface area contributed by atoms with Gasteiger partial charge in [0.1, 0.15) is 5.75 Å². The highest BCUT2D eigenvalue weighted by atomic mass is 16.5. The monoisotopic (exact) mass is 265 g/mol. The lowest BCUT2D eigenvalue weighted by atomic mass is 9.70. The number of rotatable bonds is 5. The molecule has 0 bridgehead atoms. The highest BCUT2D eigenvalue weighted by Gasteiger charge is 2.41. The van der Waals surface area contributed by atoms with E-state index in [0.717, 1.165) is 17.9 Å². The predicted molar refractivity (Wildman–Crippen MR) is 79.5 cm³/mol. The zero-order chi connectivity index (χ0) is 14.7. The number of benzene rings is 1. The summed E-state index contributed by atoms with van der Waals surface area (Å²) < 4.78 is 5.27. The lowest BCUT2D eigenvalue weighted by Gasteiger charge is -2.41. The molecule has 3 nitrogen and oxygen atoms in total. The molecule has 0 aromatic heterocycles. The minimum atomic E-state index is -0.869. The smallest absolute Gasteiger partial charge is 0.119 e. The van der Waals surface area contributed by atoms with Crippen molar-refractivity contribution in [2.45, 2.75) is 32.8 Å². The van der Waals surface area contributed by atoms with Crippen molar-refractivity contribution in [3.8, 4) is 5.75 Å². The van der Waals surface area contributed by atoms with E-state index in [1.54, 1.807) is 7.11 Å². The van der Waals surface area contributed by atoms with Gasteiger partial charge in [-0.05, 0) is 43.6 Å². The Hall–Kier alpha value is -1.06. The molecule has 0 spiro atoms. The van der Waals surface area contributed by atoms with Gasteiger partial charge >= 0.3 is 0 Å². The summed E-state index contributed by atoms with van der Waals surface area (Å²) in [6.45, 7) is 7.05. The Kier molecular flexibility index (Phi) is 4.99. The molecule has 108 valence electrons. The van der Waals surface area contributed by atoms with Gasteiger partial charge in [-0.3, -0.25) is 0 Å². The van der Waals surface area contributed by atoms with E-state index in [4.69, 9.17) is 4.74 Å². The highest BCUT2D eigenvalue weighted by Crippen LogP contribution is 2.42. The molecular weight excluding hydrogens is 238 g/mol. The number of aliphatic hydroxyl groups is 1. The van der Waals surface area contributed by atoms with Crippen LogP contribution in [0.2, 0.25) is 0 Å². The van der Waals surface area contributed by atoms with Crippen molar-refractivity contribution in [2.75, 3.05) is 27.7 Å². The van der Waals surface area contributed by atoms with E-state index in [1.807, 2.05) is 38.4 Å². The maximum Gasteiger partial charge on any atom is 0.119 e. The van der Waals surface area contributed by atoms with Gasteiger partial charge in [0.15, 0.2) is 0 Å². The van der Waals surface area contributed by atoms with Crippen LogP contribution in [-0.4, -0.2) is 37.8 Å². The van der Waals surface area contributed by atoms with Crippen LogP contribution >= 0.6 is 0 Å². The van der Waals surface area contributed by atoms with E-state index in [0.29, 0.717) is 6.42 Å². The zero-order valence-electron chi connectivity index (χ0n) is 13.0. The minimum absolute atomic E-state index is 0.241. The molecule has 0 aliphatic rings. The van der Waals surface area contributed by atoms with Gasteiger partial charge in [0, 0.05) is 6.54 Å². The largest absolute Gasteiger partial charge is 0.497 e. The van der Waals surface area contributed by atoms with Crippen molar-refractivity contribution in [1.29, 1.82) is 0 Å². The van der Waals surface area contributed by atoms with Gasteiger partial charge < -0.3 is 14.7 Å². The van der Waals surface area contributed by atoms with Gasteiger partial charge in [-0.1, -0.05) is 32.9 Å². The quantitative estimate of drug-likeness (QED) is 0.888. The summed E-state index contributed by atoms with van der Waals surface area (Å²) in [6.07, 6.45) is 0.691. The van der Waals surface area contributed by atoms with Gasteiger partial charge in [-0.2, -0.15) is 0 Å². The summed E-state index contributed by atoms with van der Waals surface area (Å²) in [6, 6.07) is 7.74. The molecule has 1 N–H and O–H groups in total. The zero-order valence-corrected chi connectivity index (χ0v) is 13.0. The van der Waals surface area contributed by atoms with Crippen LogP contribution in [0.3, 0.4) is 0 Å². The third-order valence-corrected chi connectivity index (χ3v) is 3.71. The van der Waals surface area contributed by atoms with E-state index < -0.39 is 5.60 Å². The Morgan fingerprint density at radius 3 is 2.32 bits per heavy atom. The van der Waals surface area contributed by atoms with Crippen LogP contribution in [0.15, 0.2) is 24.3 Å². The van der Waals surface area contributed by atoms with Crippen LogP contribution in [0, 0.1) is 5.41 Å². The second kappa shape index (κ2) is 5.93. The number of nitrogens with zero attached hydrogens (tertiary/aromatic N) is 1. The third-order valence-electron chi connectivity index (χ3n) is 3.71. The average Bonchev–Trinajstić information content (AvgIpc) is 2.34. The van der Waals surface area contributed by atoms with Crippen molar-refractivity contribution >= 4 is 0 Å². The van der Waals surface area contributed by atoms with E-state index >= 15 is 0 Å². The number of methoxy groups -OCH3 is 1. The summed E-state index contributed by atoms with van der Waals surface area (Å²) in [5, 5.41) is 11.2. The van der Waals surface area contributed by atoms with Gasteiger partial charge in [0.2, 0.25) is 0 Å². The SMILES string of the molecule is COc1cccc([C@](O)(CCN(C)C)C(C)(C)C)c1. The summed E-state index contributed by atoms with van der Waals surface area (Å²) >= 11 is 0. The fourth-order valence-corrected chi connectivity index (χ4v) is 2.22. The molecule has 19 heavy (non-hydrogen) atoms. The molecule has 0 unspecified atom stereocenters. The molecule has 3 heteroatoms. The van der Waals surface area contributed by atoms with Gasteiger partial charge in [0.25, 0.3) is 0 Å². The number of hydrogen-bond donors (Lipinski definition) is 1. The van der Waals surface area contributed by atoms with Crippen LogP contribution in [-0.2, 0) is 5.60 Å². The third kappa shape index (κ3) is 3.71. The normalized spacial score (nSPS) is 15.4. The van der Waals surface area contributed by atoms with Crippen molar-refractivity contribution in [3.05, 3.63) is 29.8 Å². The molecule has 0 aliphatic heterocycles. The molecule has 0 amide bonds. The summed E-state index contributed by atoms with van der Waals surface area (Å²) in [7, 11) is 5.69. The second-order valence-electron chi connectivity index (χ2n) is 6.40. The molecule has 1 aromatic carbocycles. The van der Waals surface area contributed by atoms with Crippen LogP contribution in [0.1, 0.15) is 32.8 Å². The van der Waals surface area contributed by atoms with E-state index in [2.05, 4.69) is 25.7 Å². The Morgan fingerprint density at radius 2 is 1.84 bits per heavy atom. The maximum atomic E-state index is 11.2. The predicted octanol–water partition coefficient (Wildman–Crippen LogP) is 2.88. The molecule has 0 radical (unpaired) electrons. The Labute approximate surface area is 117 Å². The Bertz CT molecular complexity index is 409. The van der Waals surface area contributed by atoms with Crippen LogP contribution < -0.4 is 4.74 Å². The Morgan fingerprint density at radius 1 is 1.21 bits per heavy atom. The van der Waals surface area contributed by atoms with Gasteiger partial charge in [-0.15, -0.1) is 0 Å². The summed E-state index contributed by atoms with van der Waals surface area (Å²) in [4.78, 5) is 2.09.